The predicted octanol–water partition coefficient (Wildman–Crippen LogP) is 3.63. The van der Waals surface area contributed by atoms with E-state index in [1.165, 1.54) is 12.1 Å². The second-order valence-electron chi connectivity index (χ2n) is 6.19. The number of nitrogens with zero attached hydrogens (tertiary/aromatic N) is 4. The van der Waals surface area contributed by atoms with E-state index in [1.54, 1.807) is 28.5 Å². The Balaban J connectivity index is 1.84. The average molecular weight is 376 g/mol. The summed E-state index contributed by atoms with van der Waals surface area (Å²) in [5, 5.41) is 11.9. The number of carbonyl (C=O) groups excluding carboxylic acids is 1. The Hall–Kier alpha value is -2.67. The molecule has 8 heteroatoms. The van der Waals surface area contributed by atoms with Gasteiger partial charge >= 0.3 is 0 Å². The van der Waals surface area contributed by atoms with Crippen LogP contribution in [0.15, 0.2) is 24.3 Å². The van der Waals surface area contributed by atoms with Crippen molar-refractivity contribution in [3.63, 3.8) is 0 Å². The molecule has 0 atom stereocenters. The first-order chi connectivity index (χ1) is 12.3. The highest BCUT2D eigenvalue weighted by atomic mass is 35.5. The van der Waals surface area contributed by atoms with Crippen LogP contribution in [0, 0.1) is 26.6 Å². The average Bonchev–Trinajstić information content (AvgIpc) is 3.04. The molecule has 0 radical (unpaired) electrons. The lowest BCUT2D eigenvalue weighted by atomic mass is 10.2. The van der Waals surface area contributed by atoms with Gasteiger partial charge in [-0.15, -0.1) is 0 Å². The van der Waals surface area contributed by atoms with Crippen LogP contribution in [-0.4, -0.2) is 25.5 Å². The topological polar surface area (TPSA) is 64.7 Å². The van der Waals surface area contributed by atoms with Crippen LogP contribution in [0.3, 0.4) is 0 Å². The summed E-state index contributed by atoms with van der Waals surface area (Å²) in [4.78, 5) is 12.5. The molecular formula is C18H19ClFN5O. The lowest BCUT2D eigenvalue weighted by Crippen LogP contribution is -2.14. The van der Waals surface area contributed by atoms with Gasteiger partial charge in [-0.2, -0.15) is 10.2 Å². The van der Waals surface area contributed by atoms with E-state index >= 15 is 0 Å². The van der Waals surface area contributed by atoms with E-state index in [0.717, 1.165) is 17.0 Å². The molecule has 0 spiro atoms. The predicted molar refractivity (Wildman–Crippen MR) is 98.1 cm³/mol. The number of amides is 1. The third-order valence-electron chi connectivity index (χ3n) is 4.30. The van der Waals surface area contributed by atoms with Gasteiger partial charge in [0.1, 0.15) is 5.82 Å². The Morgan fingerprint density at radius 3 is 2.58 bits per heavy atom. The van der Waals surface area contributed by atoms with Gasteiger partial charge in [0.05, 0.1) is 23.6 Å². The van der Waals surface area contributed by atoms with Gasteiger partial charge in [0.15, 0.2) is 5.69 Å². The van der Waals surface area contributed by atoms with Gasteiger partial charge in [-0.05, 0) is 44.5 Å². The monoisotopic (exact) mass is 375 g/mol. The zero-order chi connectivity index (χ0) is 19.0. The molecule has 0 bridgehead atoms. The van der Waals surface area contributed by atoms with E-state index in [9.17, 15) is 9.18 Å². The molecule has 1 N–H and O–H groups in total. The van der Waals surface area contributed by atoms with Crippen molar-refractivity contribution in [1.29, 1.82) is 0 Å². The third kappa shape index (κ3) is 3.48. The van der Waals surface area contributed by atoms with E-state index in [-0.39, 0.29) is 11.7 Å². The Kier molecular flexibility index (Phi) is 4.82. The van der Waals surface area contributed by atoms with Crippen LogP contribution in [0.4, 0.5) is 10.1 Å². The summed E-state index contributed by atoms with van der Waals surface area (Å²) in [5.41, 5.74) is 4.09. The molecule has 0 saturated carbocycles. The molecule has 136 valence electrons. The van der Waals surface area contributed by atoms with Gasteiger partial charge in [-0.25, -0.2) is 4.39 Å². The van der Waals surface area contributed by atoms with Gasteiger partial charge < -0.3 is 5.32 Å². The van der Waals surface area contributed by atoms with Crippen molar-refractivity contribution >= 4 is 23.2 Å². The summed E-state index contributed by atoms with van der Waals surface area (Å²) in [6.07, 6.45) is 0. The van der Waals surface area contributed by atoms with Gasteiger partial charge in [0.25, 0.3) is 5.91 Å². The van der Waals surface area contributed by atoms with Crippen molar-refractivity contribution in [2.24, 2.45) is 7.05 Å². The van der Waals surface area contributed by atoms with Crippen LogP contribution < -0.4 is 5.32 Å². The van der Waals surface area contributed by atoms with Crippen molar-refractivity contribution in [2.75, 3.05) is 5.32 Å². The van der Waals surface area contributed by atoms with E-state index in [4.69, 9.17) is 11.6 Å². The molecule has 3 aromatic rings. The molecule has 0 saturated heterocycles. The minimum absolute atomic E-state index is 0.292. The maximum Gasteiger partial charge on any atom is 0.276 e. The largest absolute Gasteiger partial charge is 0.317 e. The van der Waals surface area contributed by atoms with Crippen molar-refractivity contribution in [3.05, 3.63) is 63.4 Å². The lowest BCUT2D eigenvalue weighted by Gasteiger charge is -2.08. The second-order valence-corrected chi connectivity index (χ2v) is 6.60. The van der Waals surface area contributed by atoms with Crippen molar-refractivity contribution in [1.82, 2.24) is 19.6 Å². The van der Waals surface area contributed by atoms with Crippen LogP contribution in [0.1, 0.15) is 33.1 Å². The first kappa shape index (κ1) is 18.1. The molecular weight excluding hydrogens is 357 g/mol. The van der Waals surface area contributed by atoms with Gasteiger partial charge in [-0.3, -0.25) is 14.2 Å². The number of aryl methyl sites for hydroxylation is 3. The number of halogens is 2. The third-order valence-corrected chi connectivity index (χ3v) is 4.65. The second kappa shape index (κ2) is 6.92. The highest BCUT2D eigenvalue weighted by Crippen LogP contribution is 2.24. The minimum Gasteiger partial charge on any atom is -0.317 e. The van der Waals surface area contributed by atoms with Crippen molar-refractivity contribution in [3.8, 4) is 0 Å². The molecule has 0 aliphatic rings. The molecule has 1 amide bonds. The number of benzene rings is 1. The van der Waals surface area contributed by atoms with Crippen LogP contribution in [-0.2, 0) is 13.6 Å². The van der Waals surface area contributed by atoms with Crippen LogP contribution in [0.5, 0.6) is 0 Å². The summed E-state index contributed by atoms with van der Waals surface area (Å²) < 4.78 is 16.6. The fourth-order valence-corrected chi connectivity index (χ4v) is 2.92. The van der Waals surface area contributed by atoms with Crippen LogP contribution >= 0.6 is 11.6 Å². The highest BCUT2D eigenvalue weighted by molar-refractivity contribution is 6.31. The van der Waals surface area contributed by atoms with Crippen molar-refractivity contribution in [2.45, 2.75) is 27.3 Å². The molecule has 2 aromatic heterocycles. The highest BCUT2D eigenvalue weighted by Gasteiger charge is 2.18. The molecule has 0 fully saturated rings. The molecule has 2 heterocycles. The fourth-order valence-electron chi connectivity index (χ4n) is 2.69. The van der Waals surface area contributed by atoms with Gasteiger partial charge in [0, 0.05) is 17.8 Å². The van der Waals surface area contributed by atoms with Gasteiger partial charge in [0.2, 0.25) is 0 Å². The number of hydrogen-bond donors (Lipinski definition) is 1. The maximum atomic E-state index is 13.2. The SMILES string of the molecule is Cc1nn(Cc2ccc(F)cc2Cl)c(C)c1NC(=O)c1cc(C)n(C)n1. The van der Waals surface area contributed by atoms with E-state index in [2.05, 4.69) is 15.5 Å². The maximum absolute atomic E-state index is 13.2. The Morgan fingerprint density at radius 2 is 1.96 bits per heavy atom. The van der Waals surface area contributed by atoms with E-state index in [0.29, 0.717) is 28.6 Å². The fraction of sp³-hybridized carbons (Fsp3) is 0.278. The summed E-state index contributed by atoms with van der Waals surface area (Å²) in [7, 11) is 1.78. The molecule has 26 heavy (non-hydrogen) atoms. The molecule has 3 rings (SSSR count). The molecule has 1 aromatic carbocycles. The smallest absolute Gasteiger partial charge is 0.276 e. The summed E-state index contributed by atoms with van der Waals surface area (Å²) in [6, 6.07) is 5.99. The number of carbonyl (C=O) groups is 1. The summed E-state index contributed by atoms with van der Waals surface area (Å²) >= 11 is 6.10. The number of rotatable bonds is 4. The number of aromatic nitrogens is 4. The zero-order valence-electron chi connectivity index (χ0n) is 15.0. The molecule has 6 nitrogen and oxygen atoms in total. The minimum atomic E-state index is -0.384. The first-order valence-corrected chi connectivity index (χ1v) is 8.44. The lowest BCUT2D eigenvalue weighted by molar-refractivity contribution is 0.102. The zero-order valence-corrected chi connectivity index (χ0v) is 15.7. The number of anilines is 1. The Labute approximate surface area is 155 Å². The number of hydrogen-bond acceptors (Lipinski definition) is 3. The molecule has 0 aliphatic carbocycles. The Bertz CT molecular complexity index is 972. The molecule has 0 aliphatic heterocycles. The standard InChI is InChI=1S/C18H19ClFN5O/c1-10-7-16(23-24(10)4)18(26)21-17-11(2)22-25(12(17)3)9-13-5-6-14(20)8-15(13)19/h5-8H,9H2,1-4H3,(H,21,26). The van der Waals surface area contributed by atoms with E-state index in [1.807, 2.05) is 20.8 Å². The van der Waals surface area contributed by atoms with Crippen LogP contribution in [0.25, 0.3) is 0 Å². The number of nitrogens with one attached hydrogen (secondary N) is 1. The summed E-state index contributed by atoms with van der Waals surface area (Å²) in [6.45, 7) is 5.93. The van der Waals surface area contributed by atoms with Gasteiger partial charge in [-0.1, -0.05) is 17.7 Å². The Morgan fingerprint density at radius 1 is 1.23 bits per heavy atom. The van der Waals surface area contributed by atoms with Crippen LogP contribution in [0.2, 0.25) is 5.02 Å². The molecule has 0 unspecified atom stereocenters. The normalized spacial score (nSPS) is 11.0. The van der Waals surface area contributed by atoms with E-state index < -0.39 is 0 Å². The van der Waals surface area contributed by atoms with Crippen molar-refractivity contribution < 1.29 is 9.18 Å². The summed E-state index contributed by atoms with van der Waals surface area (Å²) in [5.74, 6) is -0.676. The quantitative estimate of drug-likeness (QED) is 0.757. The first-order valence-electron chi connectivity index (χ1n) is 8.06.